The summed E-state index contributed by atoms with van der Waals surface area (Å²) in [5.74, 6) is -0.838. The van der Waals surface area contributed by atoms with Crippen molar-refractivity contribution in [3.8, 4) is 5.75 Å². The van der Waals surface area contributed by atoms with Gasteiger partial charge in [0, 0.05) is 19.3 Å². The van der Waals surface area contributed by atoms with Gasteiger partial charge in [-0.15, -0.1) is 0 Å². The minimum absolute atomic E-state index is 0.213. The van der Waals surface area contributed by atoms with Crippen LogP contribution in [-0.2, 0) is 20.7 Å². The Kier molecular flexibility index (Phi) is 3.57. The standard InChI is InChI=1S/C14H18O4/c1-3-14(4-2)17-12(13(16)18-14)9-10-5-7-11(15)8-6-10/h5-8,12,15H,3-4,9H2,1-2H3. The van der Waals surface area contributed by atoms with Gasteiger partial charge in [0.2, 0.25) is 5.79 Å². The number of rotatable bonds is 4. The Bertz CT molecular complexity index is 420. The van der Waals surface area contributed by atoms with Crippen LogP contribution in [0.25, 0.3) is 0 Å². The topological polar surface area (TPSA) is 55.8 Å². The molecule has 0 bridgehead atoms. The molecule has 1 aromatic rings. The second kappa shape index (κ2) is 4.98. The number of phenols is 1. The number of hydrogen-bond donors (Lipinski definition) is 1. The summed E-state index contributed by atoms with van der Waals surface area (Å²) in [6.07, 6.45) is 1.23. The van der Waals surface area contributed by atoms with Crippen molar-refractivity contribution in [2.45, 2.75) is 45.0 Å². The summed E-state index contributed by atoms with van der Waals surface area (Å²) in [7, 11) is 0. The number of carbonyl (C=O) groups excluding carboxylic acids is 1. The normalized spacial score (nSPS) is 21.9. The van der Waals surface area contributed by atoms with Crippen LogP contribution < -0.4 is 0 Å². The zero-order valence-electron chi connectivity index (χ0n) is 10.7. The highest BCUT2D eigenvalue weighted by Gasteiger charge is 2.45. The van der Waals surface area contributed by atoms with E-state index in [2.05, 4.69) is 0 Å². The van der Waals surface area contributed by atoms with Crippen LogP contribution in [0.2, 0.25) is 0 Å². The van der Waals surface area contributed by atoms with Crippen molar-refractivity contribution in [2.75, 3.05) is 0 Å². The number of benzene rings is 1. The first-order chi connectivity index (χ1) is 8.58. The van der Waals surface area contributed by atoms with Crippen LogP contribution in [0, 0.1) is 0 Å². The molecule has 1 N–H and O–H groups in total. The van der Waals surface area contributed by atoms with Crippen LogP contribution in [0.15, 0.2) is 24.3 Å². The summed E-state index contributed by atoms with van der Waals surface area (Å²) in [6, 6.07) is 6.76. The predicted molar refractivity (Wildman–Crippen MR) is 66.1 cm³/mol. The minimum Gasteiger partial charge on any atom is -0.508 e. The van der Waals surface area contributed by atoms with Crippen molar-refractivity contribution < 1.29 is 19.4 Å². The fourth-order valence-electron chi connectivity index (χ4n) is 2.11. The van der Waals surface area contributed by atoms with Gasteiger partial charge in [-0.25, -0.2) is 4.79 Å². The van der Waals surface area contributed by atoms with Gasteiger partial charge >= 0.3 is 5.97 Å². The second-order valence-electron chi connectivity index (χ2n) is 4.52. The third-order valence-electron chi connectivity index (χ3n) is 3.34. The molecule has 0 spiro atoms. The Morgan fingerprint density at radius 1 is 1.22 bits per heavy atom. The number of hydrogen-bond acceptors (Lipinski definition) is 4. The van der Waals surface area contributed by atoms with E-state index in [0.717, 1.165) is 5.56 Å². The van der Waals surface area contributed by atoms with Crippen LogP contribution in [0.1, 0.15) is 32.3 Å². The Balaban J connectivity index is 2.07. The lowest BCUT2D eigenvalue weighted by molar-refractivity contribution is -0.180. The molecule has 0 amide bonds. The van der Waals surface area contributed by atoms with Crippen molar-refractivity contribution in [3.05, 3.63) is 29.8 Å². The van der Waals surface area contributed by atoms with Gasteiger partial charge < -0.3 is 14.6 Å². The lowest BCUT2D eigenvalue weighted by Gasteiger charge is -2.23. The van der Waals surface area contributed by atoms with E-state index >= 15 is 0 Å². The molecule has 1 aromatic carbocycles. The molecule has 1 saturated heterocycles. The smallest absolute Gasteiger partial charge is 0.338 e. The van der Waals surface area contributed by atoms with E-state index in [-0.39, 0.29) is 11.7 Å². The molecule has 18 heavy (non-hydrogen) atoms. The van der Waals surface area contributed by atoms with E-state index in [1.165, 1.54) is 0 Å². The van der Waals surface area contributed by atoms with E-state index < -0.39 is 11.9 Å². The maximum absolute atomic E-state index is 11.8. The highest BCUT2D eigenvalue weighted by molar-refractivity contribution is 5.77. The zero-order chi connectivity index (χ0) is 13.2. The molecule has 1 unspecified atom stereocenters. The van der Waals surface area contributed by atoms with Gasteiger partial charge in [0.15, 0.2) is 6.10 Å². The first kappa shape index (κ1) is 12.9. The van der Waals surface area contributed by atoms with Gasteiger partial charge in [-0.3, -0.25) is 0 Å². The van der Waals surface area contributed by atoms with Crippen molar-refractivity contribution in [3.63, 3.8) is 0 Å². The van der Waals surface area contributed by atoms with Crippen molar-refractivity contribution in [2.24, 2.45) is 0 Å². The number of cyclic esters (lactones) is 1. The summed E-state index contributed by atoms with van der Waals surface area (Å²) < 4.78 is 11.1. The average Bonchev–Trinajstić information content (AvgIpc) is 2.70. The van der Waals surface area contributed by atoms with E-state index in [0.29, 0.717) is 19.3 Å². The van der Waals surface area contributed by atoms with Crippen LogP contribution in [0.4, 0.5) is 0 Å². The predicted octanol–water partition coefficient (Wildman–Crippen LogP) is 2.39. The fraction of sp³-hybridized carbons (Fsp3) is 0.500. The maximum atomic E-state index is 11.8. The first-order valence-corrected chi connectivity index (χ1v) is 6.27. The molecule has 4 heteroatoms. The monoisotopic (exact) mass is 250 g/mol. The number of aromatic hydroxyl groups is 1. The van der Waals surface area contributed by atoms with Gasteiger partial charge in [-0.05, 0) is 17.7 Å². The van der Waals surface area contributed by atoms with Gasteiger partial charge in [0.1, 0.15) is 5.75 Å². The number of phenolic OH excluding ortho intramolecular Hbond substituents is 1. The molecule has 0 saturated carbocycles. The first-order valence-electron chi connectivity index (χ1n) is 6.27. The Morgan fingerprint density at radius 3 is 2.33 bits per heavy atom. The minimum atomic E-state index is -0.751. The molecular weight excluding hydrogens is 232 g/mol. The van der Waals surface area contributed by atoms with E-state index in [1.807, 2.05) is 13.8 Å². The summed E-state index contributed by atoms with van der Waals surface area (Å²) in [5.41, 5.74) is 0.942. The quantitative estimate of drug-likeness (QED) is 0.834. The Labute approximate surface area is 107 Å². The van der Waals surface area contributed by atoms with Crippen LogP contribution in [0.3, 0.4) is 0 Å². The molecule has 0 aliphatic carbocycles. The SMILES string of the molecule is CCC1(CC)OC(=O)C(Cc2ccc(O)cc2)O1. The molecule has 2 rings (SSSR count). The van der Waals surface area contributed by atoms with Gasteiger partial charge in [-0.2, -0.15) is 0 Å². The molecule has 0 aromatic heterocycles. The molecule has 1 heterocycles. The summed E-state index contributed by atoms with van der Waals surface area (Å²) >= 11 is 0. The summed E-state index contributed by atoms with van der Waals surface area (Å²) in [4.78, 5) is 11.8. The Morgan fingerprint density at radius 2 is 1.83 bits per heavy atom. The second-order valence-corrected chi connectivity index (χ2v) is 4.52. The Hall–Kier alpha value is -1.55. The molecule has 98 valence electrons. The maximum Gasteiger partial charge on any atom is 0.338 e. The molecule has 0 radical (unpaired) electrons. The largest absolute Gasteiger partial charge is 0.508 e. The zero-order valence-corrected chi connectivity index (χ0v) is 10.7. The number of esters is 1. The van der Waals surface area contributed by atoms with Crippen molar-refractivity contribution in [1.82, 2.24) is 0 Å². The van der Waals surface area contributed by atoms with Crippen LogP contribution in [0.5, 0.6) is 5.75 Å². The van der Waals surface area contributed by atoms with Gasteiger partial charge in [-0.1, -0.05) is 26.0 Å². The summed E-state index contributed by atoms with van der Waals surface area (Å²) in [6.45, 7) is 3.89. The highest BCUT2D eigenvalue weighted by Crippen LogP contribution is 2.32. The number of ether oxygens (including phenoxy) is 2. The number of carbonyl (C=O) groups is 1. The van der Waals surface area contributed by atoms with Crippen molar-refractivity contribution in [1.29, 1.82) is 0 Å². The van der Waals surface area contributed by atoms with Gasteiger partial charge in [0.25, 0.3) is 0 Å². The molecule has 4 nitrogen and oxygen atoms in total. The summed E-state index contributed by atoms with van der Waals surface area (Å²) in [5, 5.41) is 9.21. The molecular formula is C14H18O4. The highest BCUT2D eigenvalue weighted by atomic mass is 16.8. The third-order valence-corrected chi connectivity index (χ3v) is 3.34. The molecule has 1 aliphatic heterocycles. The fourth-order valence-corrected chi connectivity index (χ4v) is 2.11. The average molecular weight is 250 g/mol. The lowest BCUT2D eigenvalue weighted by atomic mass is 10.1. The van der Waals surface area contributed by atoms with Crippen LogP contribution >= 0.6 is 0 Å². The van der Waals surface area contributed by atoms with Gasteiger partial charge in [0.05, 0.1) is 0 Å². The lowest BCUT2D eigenvalue weighted by Crippen LogP contribution is -2.29. The van der Waals surface area contributed by atoms with Crippen LogP contribution in [-0.4, -0.2) is 23.0 Å². The molecule has 1 atom stereocenters. The molecule has 1 fully saturated rings. The van der Waals surface area contributed by atoms with E-state index in [9.17, 15) is 9.90 Å². The van der Waals surface area contributed by atoms with Crippen molar-refractivity contribution >= 4 is 5.97 Å². The van der Waals surface area contributed by atoms with E-state index in [1.54, 1.807) is 24.3 Å². The third kappa shape index (κ3) is 2.48. The van der Waals surface area contributed by atoms with E-state index in [4.69, 9.17) is 9.47 Å². The molecule has 1 aliphatic rings.